The van der Waals surface area contributed by atoms with E-state index in [9.17, 15) is 13.2 Å². The van der Waals surface area contributed by atoms with E-state index in [4.69, 9.17) is 5.11 Å². The zero-order valence-electron chi connectivity index (χ0n) is 9.85. The Bertz CT molecular complexity index is 732. The van der Waals surface area contributed by atoms with Crippen LogP contribution in [-0.4, -0.2) is 39.7 Å². The van der Waals surface area contributed by atoms with Crippen LogP contribution < -0.4 is 4.72 Å². The fourth-order valence-corrected chi connectivity index (χ4v) is 3.98. The van der Waals surface area contributed by atoms with Crippen molar-refractivity contribution in [2.45, 2.75) is 11.8 Å². The van der Waals surface area contributed by atoms with Crippen molar-refractivity contribution >= 4 is 33.3 Å². The number of tetrazole rings is 1. The predicted molar refractivity (Wildman–Crippen MR) is 65.6 cm³/mol. The summed E-state index contributed by atoms with van der Waals surface area (Å²) in [6, 6.07) is 0. The minimum absolute atomic E-state index is 0.218. The number of rotatable bonds is 4. The molecule has 2 rings (SSSR count). The lowest BCUT2D eigenvalue weighted by Crippen LogP contribution is -2.17. The fraction of sp³-hybridized carbons (Fsp3) is 0.250. The SMILES string of the molecule is Cc1csc(C(=O)O)c1S(=O)(=O)Nc1nnn(C)n1. The standard InChI is InChI=1S/C8H9N5O4S2/c1-4-3-18-5(7(14)15)6(4)19(16,17)11-8-9-12-13(2)10-8/h3H,1-2H3,(H,10,11)(H,14,15). The summed E-state index contributed by atoms with van der Waals surface area (Å²) in [5.74, 6) is -1.52. The number of hydrogen-bond donors (Lipinski definition) is 2. The maximum absolute atomic E-state index is 12.1. The molecule has 0 saturated heterocycles. The van der Waals surface area contributed by atoms with E-state index in [0.29, 0.717) is 5.56 Å². The molecule has 0 aliphatic rings. The first-order chi connectivity index (χ1) is 8.81. The third-order valence-corrected chi connectivity index (χ3v) is 4.84. The van der Waals surface area contributed by atoms with E-state index in [1.807, 2.05) is 0 Å². The number of carbonyl (C=O) groups is 1. The summed E-state index contributed by atoms with van der Waals surface area (Å²) in [6.07, 6.45) is 0. The number of nitrogens with one attached hydrogen (secondary N) is 1. The van der Waals surface area contributed by atoms with Crippen LogP contribution >= 0.6 is 11.3 Å². The van der Waals surface area contributed by atoms with Gasteiger partial charge in [-0.2, -0.15) is 4.80 Å². The Kier molecular flexibility index (Phi) is 3.24. The van der Waals surface area contributed by atoms with Crippen molar-refractivity contribution in [2.24, 2.45) is 7.05 Å². The van der Waals surface area contributed by atoms with Gasteiger partial charge in [0.15, 0.2) is 0 Å². The lowest BCUT2D eigenvalue weighted by Gasteiger charge is -2.04. The number of aromatic nitrogens is 4. The van der Waals surface area contributed by atoms with Crippen LogP contribution in [0.25, 0.3) is 0 Å². The second-order valence-corrected chi connectivity index (χ2v) is 6.09. The van der Waals surface area contributed by atoms with Gasteiger partial charge in [-0.25, -0.2) is 17.9 Å². The summed E-state index contributed by atoms with van der Waals surface area (Å²) >= 11 is 0.847. The van der Waals surface area contributed by atoms with Crippen molar-refractivity contribution in [3.05, 3.63) is 15.8 Å². The smallest absolute Gasteiger partial charge is 0.347 e. The largest absolute Gasteiger partial charge is 0.477 e. The second kappa shape index (κ2) is 4.59. The first kappa shape index (κ1) is 13.4. The molecule has 9 nitrogen and oxygen atoms in total. The lowest BCUT2D eigenvalue weighted by molar-refractivity contribution is 0.0698. The monoisotopic (exact) mass is 303 g/mol. The molecule has 11 heteroatoms. The van der Waals surface area contributed by atoms with Crippen LogP contribution in [0.1, 0.15) is 15.2 Å². The van der Waals surface area contributed by atoms with Crippen LogP contribution in [0.3, 0.4) is 0 Å². The van der Waals surface area contributed by atoms with E-state index >= 15 is 0 Å². The molecular formula is C8H9N5O4S2. The Labute approximate surface area is 111 Å². The summed E-state index contributed by atoms with van der Waals surface area (Å²) in [4.78, 5) is 11.6. The summed E-state index contributed by atoms with van der Waals surface area (Å²) in [7, 11) is -2.59. The zero-order valence-corrected chi connectivity index (χ0v) is 11.5. The highest BCUT2D eigenvalue weighted by atomic mass is 32.2. The third-order valence-electron chi connectivity index (χ3n) is 2.11. The van der Waals surface area contributed by atoms with Crippen molar-refractivity contribution in [1.29, 1.82) is 0 Å². The van der Waals surface area contributed by atoms with Gasteiger partial charge in [0.2, 0.25) is 0 Å². The first-order valence-electron chi connectivity index (χ1n) is 4.89. The molecule has 0 saturated carbocycles. The molecule has 0 spiro atoms. The number of anilines is 1. The molecule has 0 fully saturated rings. The molecule has 0 aromatic carbocycles. The van der Waals surface area contributed by atoms with Crippen molar-refractivity contribution in [2.75, 3.05) is 4.72 Å². The number of thiophene rings is 1. The zero-order chi connectivity index (χ0) is 14.2. The minimum Gasteiger partial charge on any atom is -0.477 e. The molecule has 0 aliphatic heterocycles. The number of carboxylic acid groups (broad SMARTS) is 1. The normalized spacial score (nSPS) is 11.5. The Hall–Kier alpha value is -2.01. The Balaban J connectivity index is 2.45. The van der Waals surface area contributed by atoms with Crippen molar-refractivity contribution < 1.29 is 18.3 Å². The van der Waals surface area contributed by atoms with E-state index in [1.165, 1.54) is 19.4 Å². The van der Waals surface area contributed by atoms with Gasteiger partial charge < -0.3 is 5.11 Å². The van der Waals surface area contributed by atoms with Gasteiger partial charge in [0.05, 0.1) is 7.05 Å². The van der Waals surface area contributed by atoms with Gasteiger partial charge in [-0.1, -0.05) is 5.10 Å². The van der Waals surface area contributed by atoms with Crippen LogP contribution in [-0.2, 0) is 17.1 Å². The number of nitrogens with zero attached hydrogens (tertiary/aromatic N) is 4. The summed E-state index contributed by atoms with van der Waals surface area (Å²) in [5, 5.41) is 21.1. The molecule has 2 heterocycles. The molecule has 2 aromatic rings. The molecule has 0 atom stereocenters. The maximum Gasteiger partial charge on any atom is 0.347 e. The molecule has 0 unspecified atom stereocenters. The highest BCUT2D eigenvalue weighted by molar-refractivity contribution is 7.93. The summed E-state index contributed by atoms with van der Waals surface area (Å²) in [5.41, 5.74) is 0.346. The topological polar surface area (TPSA) is 127 Å². The Morgan fingerprint density at radius 2 is 2.21 bits per heavy atom. The molecule has 0 bridgehead atoms. The molecule has 0 amide bonds. The van der Waals surface area contributed by atoms with E-state index in [2.05, 4.69) is 20.1 Å². The second-order valence-electron chi connectivity index (χ2n) is 3.59. The Morgan fingerprint density at radius 1 is 1.53 bits per heavy atom. The molecule has 2 aromatic heterocycles. The van der Waals surface area contributed by atoms with Gasteiger partial charge in [-0.15, -0.1) is 16.4 Å². The lowest BCUT2D eigenvalue weighted by atomic mass is 10.3. The summed E-state index contributed by atoms with van der Waals surface area (Å²) in [6.45, 7) is 1.52. The Morgan fingerprint density at radius 3 is 2.74 bits per heavy atom. The molecule has 2 N–H and O–H groups in total. The number of carboxylic acids is 1. The third kappa shape index (κ3) is 2.56. The number of aromatic carboxylic acids is 1. The maximum atomic E-state index is 12.1. The molecule has 0 aliphatic carbocycles. The van der Waals surface area contributed by atoms with Crippen molar-refractivity contribution in [3.63, 3.8) is 0 Å². The fourth-order valence-electron chi connectivity index (χ4n) is 1.41. The quantitative estimate of drug-likeness (QED) is 0.818. The van der Waals surface area contributed by atoms with Crippen LogP contribution in [0, 0.1) is 6.92 Å². The van der Waals surface area contributed by atoms with Crippen molar-refractivity contribution in [3.8, 4) is 0 Å². The van der Waals surface area contributed by atoms with Crippen LogP contribution in [0.15, 0.2) is 10.3 Å². The number of sulfonamides is 1. The van der Waals surface area contributed by atoms with E-state index < -0.39 is 16.0 Å². The van der Waals surface area contributed by atoms with Gasteiger partial charge in [0.1, 0.15) is 9.77 Å². The number of hydrogen-bond acceptors (Lipinski definition) is 7. The molecular weight excluding hydrogens is 294 g/mol. The van der Waals surface area contributed by atoms with Crippen LogP contribution in [0.5, 0.6) is 0 Å². The minimum atomic E-state index is -4.06. The number of aryl methyl sites for hydroxylation is 2. The van der Waals surface area contributed by atoms with Crippen LogP contribution in [0.4, 0.5) is 5.95 Å². The van der Waals surface area contributed by atoms with E-state index in [1.54, 1.807) is 0 Å². The van der Waals surface area contributed by atoms with E-state index in [-0.39, 0.29) is 15.7 Å². The average molecular weight is 303 g/mol. The van der Waals surface area contributed by atoms with Gasteiger partial charge in [-0.3, -0.25) is 0 Å². The molecule has 102 valence electrons. The van der Waals surface area contributed by atoms with Gasteiger partial charge >= 0.3 is 5.97 Å². The highest BCUT2D eigenvalue weighted by Crippen LogP contribution is 2.27. The van der Waals surface area contributed by atoms with Crippen LogP contribution in [0.2, 0.25) is 0 Å². The van der Waals surface area contributed by atoms with Gasteiger partial charge in [-0.05, 0) is 23.1 Å². The summed E-state index contributed by atoms with van der Waals surface area (Å²) < 4.78 is 26.4. The molecule has 19 heavy (non-hydrogen) atoms. The molecule has 0 radical (unpaired) electrons. The van der Waals surface area contributed by atoms with Crippen molar-refractivity contribution in [1.82, 2.24) is 20.2 Å². The highest BCUT2D eigenvalue weighted by Gasteiger charge is 2.27. The van der Waals surface area contributed by atoms with Gasteiger partial charge in [0.25, 0.3) is 16.0 Å². The van der Waals surface area contributed by atoms with E-state index in [0.717, 1.165) is 16.1 Å². The van der Waals surface area contributed by atoms with Gasteiger partial charge in [0, 0.05) is 0 Å². The first-order valence-corrected chi connectivity index (χ1v) is 7.26. The predicted octanol–water partition coefficient (Wildman–Crippen LogP) is 0.0790. The average Bonchev–Trinajstić information content (AvgIpc) is 2.84.